The molecule has 2 aromatic rings. The summed E-state index contributed by atoms with van der Waals surface area (Å²) < 4.78 is 5.36. The van der Waals surface area contributed by atoms with Crippen LogP contribution in [0.15, 0.2) is 22.6 Å². The van der Waals surface area contributed by atoms with Crippen LogP contribution in [0.3, 0.4) is 0 Å². The van der Waals surface area contributed by atoms with Crippen molar-refractivity contribution in [2.24, 2.45) is 0 Å². The van der Waals surface area contributed by atoms with E-state index in [1.807, 2.05) is 13.8 Å². The Bertz CT molecular complexity index is 543. The van der Waals surface area contributed by atoms with Crippen LogP contribution in [-0.2, 0) is 0 Å². The van der Waals surface area contributed by atoms with Gasteiger partial charge in [-0.3, -0.25) is 4.79 Å². The van der Waals surface area contributed by atoms with Crippen LogP contribution in [0.5, 0.6) is 0 Å². The van der Waals surface area contributed by atoms with E-state index < -0.39 is 0 Å². The minimum atomic E-state index is 0.0706. The molecule has 0 aliphatic rings. The smallest absolute Gasteiger partial charge is 0.192 e. The molecule has 4 heteroatoms. The number of fused-ring (bicyclic) bond motifs is 1. The molecule has 2 rings (SSSR count). The Hall–Kier alpha value is -1.68. The van der Waals surface area contributed by atoms with Crippen LogP contribution < -0.4 is 5.32 Å². The number of hydrogen-bond acceptors (Lipinski definition) is 4. The van der Waals surface area contributed by atoms with Gasteiger partial charge in [-0.2, -0.15) is 0 Å². The zero-order chi connectivity index (χ0) is 12.4. The summed E-state index contributed by atoms with van der Waals surface area (Å²) in [6.07, 6.45) is 0. The highest BCUT2D eigenvalue weighted by Crippen LogP contribution is 2.16. The molecule has 0 unspecified atom stereocenters. The van der Waals surface area contributed by atoms with Crippen molar-refractivity contribution in [3.8, 4) is 0 Å². The van der Waals surface area contributed by atoms with Crippen molar-refractivity contribution in [1.82, 2.24) is 10.3 Å². The van der Waals surface area contributed by atoms with Gasteiger partial charge in [0, 0.05) is 18.5 Å². The van der Waals surface area contributed by atoms with E-state index in [1.54, 1.807) is 25.1 Å². The number of ketones is 1. The molecule has 1 aromatic heterocycles. The second-order valence-electron chi connectivity index (χ2n) is 4.37. The third kappa shape index (κ3) is 2.71. The molecule has 0 aliphatic carbocycles. The number of nitrogens with zero attached hydrogens (tertiary/aromatic N) is 1. The van der Waals surface area contributed by atoms with Crippen LogP contribution in [0.4, 0.5) is 0 Å². The topological polar surface area (TPSA) is 55.1 Å². The molecule has 0 amide bonds. The van der Waals surface area contributed by atoms with Crippen LogP contribution in [-0.4, -0.2) is 23.4 Å². The highest BCUT2D eigenvalue weighted by Gasteiger charge is 2.09. The van der Waals surface area contributed by atoms with Gasteiger partial charge in [0.25, 0.3) is 0 Å². The maximum atomic E-state index is 11.9. The van der Waals surface area contributed by atoms with E-state index in [0.29, 0.717) is 24.0 Å². The van der Waals surface area contributed by atoms with Crippen LogP contribution in [0.2, 0.25) is 0 Å². The predicted molar refractivity (Wildman–Crippen MR) is 66.2 cm³/mol. The van der Waals surface area contributed by atoms with Crippen molar-refractivity contribution in [1.29, 1.82) is 0 Å². The molecule has 1 heterocycles. The van der Waals surface area contributed by atoms with E-state index >= 15 is 0 Å². The molecule has 0 saturated carbocycles. The number of oxazole rings is 1. The summed E-state index contributed by atoms with van der Waals surface area (Å²) in [4.78, 5) is 16.1. The summed E-state index contributed by atoms with van der Waals surface area (Å²) >= 11 is 0. The monoisotopic (exact) mass is 232 g/mol. The van der Waals surface area contributed by atoms with E-state index in [4.69, 9.17) is 4.42 Å². The van der Waals surface area contributed by atoms with Gasteiger partial charge < -0.3 is 9.73 Å². The van der Waals surface area contributed by atoms with Gasteiger partial charge in [0.05, 0.1) is 6.54 Å². The maximum absolute atomic E-state index is 11.9. The maximum Gasteiger partial charge on any atom is 0.192 e. The number of Topliss-reactive ketones (excluding diaryl/α,β-unsaturated/α-hetero) is 1. The quantitative estimate of drug-likeness (QED) is 0.822. The van der Waals surface area contributed by atoms with Gasteiger partial charge in [0.15, 0.2) is 17.3 Å². The molecule has 1 aromatic carbocycles. The van der Waals surface area contributed by atoms with Gasteiger partial charge in [-0.1, -0.05) is 13.8 Å². The van der Waals surface area contributed by atoms with Crippen molar-refractivity contribution < 1.29 is 9.21 Å². The van der Waals surface area contributed by atoms with Crippen LogP contribution in [0.1, 0.15) is 30.1 Å². The van der Waals surface area contributed by atoms with E-state index in [2.05, 4.69) is 10.3 Å². The van der Waals surface area contributed by atoms with Crippen LogP contribution in [0, 0.1) is 6.92 Å². The number of benzene rings is 1. The molecule has 0 saturated heterocycles. The van der Waals surface area contributed by atoms with E-state index in [-0.39, 0.29) is 5.78 Å². The lowest BCUT2D eigenvalue weighted by Gasteiger charge is -2.06. The minimum absolute atomic E-state index is 0.0706. The molecule has 0 fully saturated rings. The minimum Gasteiger partial charge on any atom is -0.441 e. The number of carbonyl (C=O) groups is 1. The molecule has 0 atom stereocenters. The van der Waals surface area contributed by atoms with Crippen LogP contribution >= 0.6 is 0 Å². The number of aromatic nitrogens is 1. The Morgan fingerprint density at radius 1 is 1.47 bits per heavy atom. The fourth-order valence-corrected chi connectivity index (χ4v) is 1.61. The number of aryl methyl sites for hydroxylation is 1. The largest absolute Gasteiger partial charge is 0.441 e. The fourth-order valence-electron chi connectivity index (χ4n) is 1.61. The highest BCUT2D eigenvalue weighted by molar-refractivity contribution is 6.00. The zero-order valence-corrected chi connectivity index (χ0v) is 10.3. The van der Waals surface area contributed by atoms with Crippen LogP contribution in [0.25, 0.3) is 11.1 Å². The molecular formula is C13H16N2O2. The standard InChI is InChI=1S/C13H16N2O2/c1-8(2)14-7-12(16)10-4-5-13-11(6-10)15-9(3)17-13/h4-6,8,14H,7H2,1-3H3. The first-order valence-electron chi connectivity index (χ1n) is 5.70. The van der Waals surface area contributed by atoms with Crippen molar-refractivity contribution in [3.63, 3.8) is 0 Å². The molecule has 17 heavy (non-hydrogen) atoms. The third-order valence-electron chi connectivity index (χ3n) is 2.49. The first kappa shape index (κ1) is 11.8. The highest BCUT2D eigenvalue weighted by atomic mass is 16.3. The van der Waals surface area contributed by atoms with Gasteiger partial charge in [-0.25, -0.2) is 4.98 Å². The summed E-state index contributed by atoms with van der Waals surface area (Å²) in [6.45, 7) is 6.16. The average molecular weight is 232 g/mol. The van der Waals surface area contributed by atoms with Gasteiger partial charge in [-0.15, -0.1) is 0 Å². The number of nitrogens with one attached hydrogen (secondary N) is 1. The molecule has 4 nitrogen and oxygen atoms in total. The second kappa shape index (κ2) is 4.67. The lowest BCUT2D eigenvalue weighted by Crippen LogP contribution is -2.29. The molecule has 1 N–H and O–H groups in total. The predicted octanol–water partition coefficient (Wildman–Crippen LogP) is 2.32. The molecule has 0 radical (unpaired) electrons. The summed E-state index contributed by atoms with van der Waals surface area (Å²) in [6, 6.07) is 5.64. The molecule has 90 valence electrons. The zero-order valence-electron chi connectivity index (χ0n) is 10.3. The molecule has 0 spiro atoms. The third-order valence-corrected chi connectivity index (χ3v) is 2.49. The SMILES string of the molecule is Cc1nc2cc(C(=O)CNC(C)C)ccc2o1. The lowest BCUT2D eigenvalue weighted by atomic mass is 10.1. The van der Waals surface area contributed by atoms with Crippen molar-refractivity contribution in [2.45, 2.75) is 26.8 Å². The fraction of sp³-hybridized carbons (Fsp3) is 0.385. The van der Waals surface area contributed by atoms with Crippen molar-refractivity contribution in [2.75, 3.05) is 6.54 Å². The van der Waals surface area contributed by atoms with Gasteiger partial charge in [0.2, 0.25) is 0 Å². The van der Waals surface area contributed by atoms with E-state index in [0.717, 1.165) is 11.1 Å². The summed E-state index contributed by atoms with van der Waals surface area (Å²) in [7, 11) is 0. The summed E-state index contributed by atoms with van der Waals surface area (Å²) in [5.74, 6) is 0.686. The number of rotatable bonds is 4. The first-order chi connectivity index (χ1) is 8.06. The Balaban J connectivity index is 2.20. The normalized spacial score (nSPS) is 11.3. The summed E-state index contributed by atoms with van der Waals surface area (Å²) in [5.41, 5.74) is 2.12. The lowest BCUT2D eigenvalue weighted by molar-refractivity contribution is 0.0988. The molecular weight excluding hydrogens is 216 g/mol. The average Bonchev–Trinajstić information content (AvgIpc) is 2.64. The summed E-state index contributed by atoms with van der Waals surface area (Å²) in [5, 5.41) is 3.10. The number of hydrogen-bond donors (Lipinski definition) is 1. The number of carbonyl (C=O) groups excluding carboxylic acids is 1. The Labute approximate surface area is 100 Å². The van der Waals surface area contributed by atoms with Gasteiger partial charge in [0.1, 0.15) is 5.52 Å². The molecule has 0 bridgehead atoms. The Morgan fingerprint density at radius 3 is 2.94 bits per heavy atom. The van der Waals surface area contributed by atoms with Gasteiger partial charge >= 0.3 is 0 Å². The van der Waals surface area contributed by atoms with Gasteiger partial charge in [-0.05, 0) is 18.2 Å². The first-order valence-corrected chi connectivity index (χ1v) is 5.70. The van der Waals surface area contributed by atoms with E-state index in [9.17, 15) is 4.79 Å². The van der Waals surface area contributed by atoms with Crippen molar-refractivity contribution in [3.05, 3.63) is 29.7 Å². The molecule has 0 aliphatic heterocycles. The van der Waals surface area contributed by atoms with Crippen molar-refractivity contribution >= 4 is 16.9 Å². The Morgan fingerprint density at radius 2 is 2.24 bits per heavy atom. The second-order valence-corrected chi connectivity index (χ2v) is 4.37. The van der Waals surface area contributed by atoms with E-state index in [1.165, 1.54) is 0 Å². The Kier molecular flexibility index (Phi) is 3.24.